The molecule has 7 heteroatoms. The highest BCUT2D eigenvalue weighted by Crippen LogP contribution is 2.36. The molecule has 4 aromatic rings. The van der Waals surface area contributed by atoms with Crippen LogP contribution in [0.25, 0.3) is 33.1 Å². The molecule has 1 aliphatic heterocycles. The second-order valence-corrected chi connectivity index (χ2v) is 5.75. The van der Waals surface area contributed by atoms with Gasteiger partial charge in [-0.1, -0.05) is 18.2 Å². The van der Waals surface area contributed by atoms with Crippen LogP contribution in [0.4, 0.5) is 0 Å². The summed E-state index contributed by atoms with van der Waals surface area (Å²) >= 11 is 0. The number of imide groups is 1. The number of hydrogen-bond acceptors (Lipinski definition) is 4. The van der Waals surface area contributed by atoms with Gasteiger partial charge in [0.1, 0.15) is 0 Å². The predicted octanol–water partition coefficient (Wildman–Crippen LogP) is 2.01. The van der Waals surface area contributed by atoms with Crippen molar-refractivity contribution in [1.82, 2.24) is 25.5 Å². The number of aromatic nitrogens is 4. The number of nitrogens with one attached hydrogen (secondary N) is 3. The van der Waals surface area contributed by atoms with Crippen molar-refractivity contribution in [2.75, 3.05) is 0 Å². The SMILES string of the molecule is O=C1NC(=O)C(c2c[nH]c3ccccc23)=C1c1[nH]nc2ncccc12. The van der Waals surface area contributed by atoms with Crippen LogP contribution in [-0.4, -0.2) is 32.0 Å². The second-order valence-electron chi connectivity index (χ2n) is 5.75. The van der Waals surface area contributed by atoms with Crippen molar-refractivity contribution in [1.29, 1.82) is 0 Å². The van der Waals surface area contributed by atoms with Gasteiger partial charge in [-0.15, -0.1) is 0 Å². The Morgan fingerprint density at radius 2 is 1.68 bits per heavy atom. The van der Waals surface area contributed by atoms with Crippen LogP contribution in [-0.2, 0) is 9.59 Å². The van der Waals surface area contributed by atoms with Gasteiger partial charge in [0, 0.05) is 34.2 Å². The van der Waals surface area contributed by atoms with Gasteiger partial charge in [0.2, 0.25) is 0 Å². The lowest BCUT2D eigenvalue weighted by molar-refractivity contribution is -0.122. The van der Waals surface area contributed by atoms with Crippen LogP contribution < -0.4 is 5.32 Å². The molecule has 0 saturated heterocycles. The molecule has 0 saturated carbocycles. The number of rotatable bonds is 2. The Kier molecular flexibility index (Phi) is 2.67. The topological polar surface area (TPSA) is 104 Å². The zero-order chi connectivity index (χ0) is 17.0. The van der Waals surface area contributed by atoms with Crippen LogP contribution in [0.1, 0.15) is 11.3 Å². The largest absolute Gasteiger partial charge is 0.361 e. The first-order chi connectivity index (χ1) is 12.2. The zero-order valence-electron chi connectivity index (χ0n) is 12.8. The summed E-state index contributed by atoms with van der Waals surface area (Å²) in [6.07, 6.45) is 3.37. The Morgan fingerprint density at radius 3 is 2.60 bits per heavy atom. The minimum absolute atomic E-state index is 0.283. The number of para-hydroxylation sites is 1. The van der Waals surface area contributed by atoms with Gasteiger partial charge < -0.3 is 4.98 Å². The zero-order valence-corrected chi connectivity index (χ0v) is 12.8. The maximum atomic E-state index is 12.5. The van der Waals surface area contributed by atoms with Crippen molar-refractivity contribution >= 4 is 44.9 Å². The average Bonchev–Trinajstić information content (AvgIpc) is 3.30. The maximum absolute atomic E-state index is 12.5. The number of nitrogens with zero attached hydrogens (tertiary/aromatic N) is 2. The third kappa shape index (κ3) is 1.86. The lowest BCUT2D eigenvalue weighted by Crippen LogP contribution is -2.22. The number of carbonyl (C=O) groups is 2. The first-order valence-corrected chi connectivity index (χ1v) is 7.70. The monoisotopic (exact) mass is 329 g/mol. The maximum Gasteiger partial charge on any atom is 0.261 e. The Labute approximate surface area is 140 Å². The molecule has 5 rings (SSSR count). The van der Waals surface area contributed by atoms with Gasteiger partial charge in [0.15, 0.2) is 5.65 Å². The van der Waals surface area contributed by atoms with E-state index >= 15 is 0 Å². The Hall–Kier alpha value is -3.74. The third-order valence-electron chi connectivity index (χ3n) is 4.37. The molecule has 3 N–H and O–H groups in total. The first kappa shape index (κ1) is 13.7. The van der Waals surface area contributed by atoms with E-state index in [9.17, 15) is 9.59 Å². The number of pyridine rings is 1. The van der Waals surface area contributed by atoms with Crippen molar-refractivity contribution in [3.8, 4) is 0 Å². The number of amides is 2. The van der Waals surface area contributed by atoms with Crippen LogP contribution in [0.3, 0.4) is 0 Å². The van der Waals surface area contributed by atoms with Crippen LogP contribution in [0.5, 0.6) is 0 Å². The molecule has 0 fully saturated rings. The normalized spacial score (nSPS) is 14.7. The summed E-state index contributed by atoms with van der Waals surface area (Å²) in [5.41, 5.74) is 3.18. The van der Waals surface area contributed by atoms with Crippen LogP contribution in [0.2, 0.25) is 0 Å². The minimum atomic E-state index is -0.445. The number of carbonyl (C=O) groups excluding carboxylic acids is 2. The third-order valence-corrected chi connectivity index (χ3v) is 4.37. The van der Waals surface area contributed by atoms with Gasteiger partial charge in [-0.3, -0.25) is 20.0 Å². The van der Waals surface area contributed by atoms with Crippen molar-refractivity contribution in [3.05, 3.63) is 60.0 Å². The van der Waals surface area contributed by atoms with Gasteiger partial charge in [-0.25, -0.2) is 4.98 Å². The smallest absolute Gasteiger partial charge is 0.261 e. The quantitative estimate of drug-likeness (QED) is 0.489. The van der Waals surface area contributed by atoms with Crippen LogP contribution in [0, 0.1) is 0 Å². The fourth-order valence-corrected chi connectivity index (χ4v) is 3.27. The molecule has 7 nitrogen and oxygen atoms in total. The first-order valence-electron chi connectivity index (χ1n) is 7.70. The van der Waals surface area contributed by atoms with Gasteiger partial charge in [0.25, 0.3) is 11.8 Å². The summed E-state index contributed by atoms with van der Waals surface area (Å²) < 4.78 is 0. The second kappa shape index (κ2) is 4.88. The van der Waals surface area contributed by atoms with Crippen LogP contribution in [0.15, 0.2) is 48.8 Å². The van der Waals surface area contributed by atoms with Gasteiger partial charge in [-0.2, -0.15) is 5.10 Å². The highest BCUT2D eigenvalue weighted by Gasteiger charge is 2.35. The predicted molar refractivity (Wildman–Crippen MR) is 92.2 cm³/mol. The minimum Gasteiger partial charge on any atom is -0.361 e. The molecule has 3 aromatic heterocycles. The van der Waals surface area contributed by atoms with E-state index in [1.54, 1.807) is 18.5 Å². The molecule has 0 atom stereocenters. The number of benzene rings is 1. The Morgan fingerprint density at radius 1 is 0.880 bits per heavy atom. The standard InChI is InChI=1S/C18H11N5O2/c24-17-13(11-8-20-12-6-2-1-4-9(11)12)14(18(25)21-17)15-10-5-3-7-19-16(10)23-22-15/h1-8,20H,(H,19,22,23)(H,21,24,25). The molecule has 0 bridgehead atoms. The molecule has 1 aliphatic rings. The van der Waals surface area contributed by atoms with E-state index < -0.39 is 11.8 Å². The Balaban J connectivity index is 1.85. The summed E-state index contributed by atoms with van der Waals surface area (Å²) in [6, 6.07) is 11.2. The number of H-pyrrole nitrogens is 2. The lowest BCUT2D eigenvalue weighted by Gasteiger charge is -2.02. The van der Waals surface area contributed by atoms with Crippen molar-refractivity contribution < 1.29 is 9.59 Å². The molecule has 25 heavy (non-hydrogen) atoms. The van der Waals surface area contributed by atoms with E-state index in [1.807, 2.05) is 30.3 Å². The molecule has 4 heterocycles. The summed E-state index contributed by atoms with van der Waals surface area (Å²) in [5.74, 6) is -0.865. The Bertz CT molecular complexity index is 1120. The molecule has 120 valence electrons. The molecule has 0 aliphatic carbocycles. The van der Waals surface area contributed by atoms with E-state index in [1.165, 1.54) is 0 Å². The lowest BCUT2D eigenvalue weighted by atomic mass is 9.98. The van der Waals surface area contributed by atoms with E-state index in [4.69, 9.17) is 0 Å². The van der Waals surface area contributed by atoms with Crippen molar-refractivity contribution in [2.24, 2.45) is 0 Å². The highest BCUT2D eigenvalue weighted by molar-refractivity contribution is 6.50. The number of hydrogen-bond donors (Lipinski definition) is 3. The molecule has 0 unspecified atom stereocenters. The molecule has 0 radical (unpaired) electrons. The molecular weight excluding hydrogens is 318 g/mol. The van der Waals surface area contributed by atoms with Crippen molar-refractivity contribution in [2.45, 2.75) is 0 Å². The van der Waals surface area contributed by atoms with E-state index in [0.717, 1.165) is 10.9 Å². The van der Waals surface area contributed by atoms with Gasteiger partial charge >= 0.3 is 0 Å². The average molecular weight is 329 g/mol. The molecule has 1 aromatic carbocycles. The van der Waals surface area contributed by atoms with Gasteiger partial charge in [-0.05, 0) is 18.2 Å². The summed E-state index contributed by atoms with van der Waals surface area (Å²) in [7, 11) is 0. The van der Waals surface area contributed by atoms with E-state index in [0.29, 0.717) is 27.9 Å². The van der Waals surface area contributed by atoms with Crippen LogP contribution >= 0.6 is 0 Å². The summed E-state index contributed by atoms with van der Waals surface area (Å²) in [6.45, 7) is 0. The number of fused-ring (bicyclic) bond motifs is 2. The van der Waals surface area contributed by atoms with Crippen molar-refractivity contribution in [3.63, 3.8) is 0 Å². The molecule has 0 spiro atoms. The van der Waals surface area contributed by atoms with E-state index in [-0.39, 0.29) is 5.57 Å². The molecule has 2 amide bonds. The number of aromatic amines is 2. The fourth-order valence-electron chi connectivity index (χ4n) is 3.27. The molecular formula is C18H11N5O2. The summed E-state index contributed by atoms with van der Waals surface area (Å²) in [5, 5.41) is 10.9. The summed E-state index contributed by atoms with van der Waals surface area (Å²) in [4.78, 5) is 32.3. The highest BCUT2D eigenvalue weighted by atomic mass is 16.2. The van der Waals surface area contributed by atoms with Gasteiger partial charge in [0.05, 0.1) is 16.8 Å². The van der Waals surface area contributed by atoms with E-state index in [2.05, 4.69) is 25.5 Å². The fraction of sp³-hybridized carbons (Fsp3) is 0.